The lowest BCUT2D eigenvalue weighted by Gasteiger charge is -2.14. The topological polar surface area (TPSA) is 112 Å². The first-order chi connectivity index (χ1) is 16.1. The summed E-state index contributed by atoms with van der Waals surface area (Å²) in [6, 6.07) is 12.3. The van der Waals surface area contributed by atoms with Crippen molar-refractivity contribution in [2.24, 2.45) is 7.05 Å². The number of fused-ring (bicyclic) bond motifs is 1. The molecule has 0 unspecified atom stereocenters. The molecule has 0 bridgehead atoms. The van der Waals surface area contributed by atoms with E-state index < -0.39 is 35.0 Å². The van der Waals surface area contributed by atoms with E-state index in [1.807, 2.05) is 5.48 Å². The van der Waals surface area contributed by atoms with Gasteiger partial charge in [-0.05, 0) is 41.9 Å². The van der Waals surface area contributed by atoms with Gasteiger partial charge in [0.05, 0.1) is 16.0 Å². The molecule has 0 saturated heterocycles. The third kappa shape index (κ3) is 4.20. The summed E-state index contributed by atoms with van der Waals surface area (Å²) in [5, 5.41) is 0.199. The largest absolute Gasteiger partial charge is 0.431 e. The van der Waals surface area contributed by atoms with E-state index in [1.165, 1.54) is 30.3 Å². The van der Waals surface area contributed by atoms with Gasteiger partial charge in [-0.25, -0.2) is 14.2 Å². The van der Waals surface area contributed by atoms with Gasteiger partial charge in [-0.1, -0.05) is 18.2 Å². The molecule has 1 amide bonds. The average molecular weight is 490 g/mol. The fourth-order valence-electron chi connectivity index (χ4n) is 3.14. The highest BCUT2D eigenvalue weighted by Gasteiger charge is 2.35. The molecule has 0 saturated carbocycles. The standard InChI is InChI=1S/C21H13F3N4O5S/c1-27-15(21(22,23)24)10-16(29)28(20(27)32)12-7-8-14-13(9-12)17(26-34-14)18(30)25-33-19(31)11-5-3-2-4-6-11/h2-10H,1H3,(H,25,30). The van der Waals surface area contributed by atoms with E-state index in [2.05, 4.69) is 4.37 Å². The quantitative estimate of drug-likeness (QED) is 0.442. The lowest BCUT2D eigenvalue weighted by Crippen LogP contribution is -2.40. The molecule has 2 aromatic carbocycles. The summed E-state index contributed by atoms with van der Waals surface area (Å²) in [6.45, 7) is 0. The van der Waals surface area contributed by atoms with Gasteiger partial charge in [-0.3, -0.25) is 14.2 Å². The van der Waals surface area contributed by atoms with Crippen LogP contribution in [-0.4, -0.2) is 25.4 Å². The number of nitrogens with zero attached hydrogens (tertiary/aromatic N) is 3. The SMILES string of the molecule is Cn1c(C(F)(F)F)cc(=O)n(-c2ccc3snc(C(=O)NOC(=O)c4ccccc4)c3c2)c1=O. The zero-order chi connectivity index (χ0) is 24.6. The van der Waals surface area contributed by atoms with E-state index in [9.17, 15) is 32.3 Å². The van der Waals surface area contributed by atoms with Crippen LogP contribution >= 0.6 is 11.5 Å². The minimum Gasteiger partial charge on any atom is -0.335 e. The van der Waals surface area contributed by atoms with Crippen molar-refractivity contribution >= 4 is 33.5 Å². The molecule has 0 aliphatic rings. The first kappa shape index (κ1) is 22.9. The normalized spacial score (nSPS) is 11.4. The first-order valence-electron chi connectivity index (χ1n) is 9.44. The maximum atomic E-state index is 13.1. The summed E-state index contributed by atoms with van der Waals surface area (Å²) in [7, 11) is 0.895. The molecule has 0 radical (unpaired) electrons. The van der Waals surface area contributed by atoms with Gasteiger partial charge in [0.2, 0.25) is 0 Å². The van der Waals surface area contributed by atoms with Gasteiger partial charge in [0, 0.05) is 18.5 Å². The molecule has 34 heavy (non-hydrogen) atoms. The van der Waals surface area contributed by atoms with Crippen LogP contribution in [0.2, 0.25) is 0 Å². The van der Waals surface area contributed by atoms with Crippen molar-refractivity contribution in [3.63, 3.8) is 0 Å². The molecule has 2 heterocycles. The molecular weight excluding hydrogens is 477 g/mol. The molecule has 4 aromatic rings. The molecule has 0 aliphatic heterocycles. The Morgan fingerprint density at radius 1 is 1.06 bits per heavy atom. The molecule has 4 rings (SSSR count). The van der Waals surface area contributed by atoms with Gasteiger partial charge in [0.15, 0.2) is 5.69 Å². The third-order valence-electron chi connectivity index (χ3n) is 4.78. The van der Waals surface area contributed by atoms with Crippen molar-refractivity contribution in [1.29, 1.82) is 0 Å². The third-order valence-corrected chi connectivity index (χ3v) is 5.61. The lowest BCUT2D eigenvalue weighted by molar-refractivity contribution is -0.144. The van der Waals surface area contributed by atoms with Crippen LogP contribution in [0.15, 0.2) is 64.2 Å². The molecule has 1 N–H and O–H groups in total. The van der Waals surface area contributed by atoms with E-state index >= 15 is 0 Å². The van der Waals surface area contributed by atoms with E-state index in [0.717, 1.165) is 18.6 Å². The Morgan fingerprint density at radius 3 is 2.44 bits per heavy atom. The van der Waals surface area contributed by atoms with Crippen LogP contribution in [0, 0.1) is 0 Å². The first-order valence-corrected chi connectivity index (χ1v) is 10.2. The predicted octanol–water partition coefficient (Wildman–Crippen LogP) is 2.67. The fraction of sp³-hybridized carbons (Fsp3) is 0.0952. The zero-order valence-corrected chi connectivity index (χ0v) is 17.9. The zero-order valence-electron chi connectivity index (χ0n) is 17.1. The van der Waals surface area contributed by atoms with Gasteiger partial charge >= 0.3 is 23.7 Å². The molecule has 174 valence electrons. The highest BCUT2D eigenvalue weighted by atomic mass is 32.1. The Kier molecular flexibility index (Phi) is 5.79. The number of hydrogen-bond donors (Lipinski definition) is 1. The summed E-state index contributed by atoms with van der Waals surface area (Å²) in [4.78, 5) is 54.3. The number of alkyl halides is 3. The fourth-order valence-corrected chi connectivity index (χ4v) is 3.89. The van der Waals surface area contributed by atoms with Gasteiger partial charge < -0.3 is 4.84 Å². The number of amides is 1. The van der Waals surface area contributed by atoms with Crippen LogP contribution in [0.4, 0.5) is 13.2 Å². The molecule has 9 nitrogen and oxygen atoms in total. The highest BCUT2D eigenvalue weighted by molar-refractivity contribution is 7.13. The maximum absolute atomic E-state index is 13.1. The second kappa shape index (κ2) is 8.59. The molecule has 0 fully saturated rings. The van der Waals surface area contributed by atoms with E-state index in [0.29, 0.717) is 19.9 Å². The number of aromatic nitrogens is 3. The molecular formula is C21H13F3N4O5S. The number of halogens is 3. The smallest absolute Gasteiger partial charge is 0.335 e. The Bertz CT molecular complexity index is 1540. The average Bonchev–Trinajstić information content (AvgIpc) is 3.23. The Hall–Kier alpha value is -4.26. The molecule has 0 atom stereocenters. The minimum absolute atomic E-state index is 0.0673. The number of hydrogen-bond acceptors (Lipinski definition) is 7. The summed E-state index contributed by atoms with van der Waals surface area (Å²) in [5.74, 6) is -1.69. The van der Waals surface area contributed by atoms with Crippen molar-refractivity contribution in [3.05, 3.63) is 92.4 Å². The molecule has 2 aromatic heterocycles. The monoisotopic (exact) mass is 490 g/mol. The van der Waals surface area contributed by atoms with Gasteiger partial charge in [0.25, 0.3) is 5.56 Å². The van der Waals surface area contributed by atoms with Crippen LogP contribution < -0.4 is 16.7 Å². The predicted molar refractivity (Wildman–Crippen MR) is 115 cm³/mol. The Balaban J connectivity index is 1.68. The summed E-state index contributed by atoms with van der Waals surface area (Å²) < 4.78 is 44.6. The van der Waals surface area contributed by atoms with Crippen molar-refractivity contribution in [2.75, 3.05) is 0 Å². The van der Waals surface area contributed by atoms with E-state index in [4.69, 9.17) is 4.84 Å². The lowest BCUT2D eigenvalue weighted by atomic mass is 10.2. The van der Waals surface area contributed by atoms with Crippen LogP contribution in [0.5, 0.6) is 0 Å². The van der Waals surface area contributed by atoms with Crippen molar-refractivity contribution in [3.8, 4) is 5.69 Å². The summed E-state index contributed by atoms with van der Waals surface area (Å²) in [5.41, 5.74) is -1.85. The van der Waals surface area contributed by atoms with Crippen LogP contribution in [0.1, 0.15) is 26.5 Å². The van der Waals surface area contributed by atoms with E-state index in [-0.39, 0.29) is 22.3 Å². The summed E-state index contributed by atoms with van der Waals surface area (Å²) >= 11 is 0.923. The van der Waals surface area contributed by atoms with Crippen molar-refractivity contribution in [2.45, 2.75) is 6.18 Å². The molecule has 13 heteroatoms. The van der Waals surface area contributed by atoms with E-state index in [1.54, 1.807) is 18.2 Å². The minimum atomic E-state index is -4.89. The number of rotatable bonds is 3. The number of carbonyl (C=O) groups is 2. The van der Waals surface area contributed by atoms with Crippen molar-refractivity contribution in [1.82, 2.24) is 19.0 Å². The van der Waals surface area contributed by atoms with Crippen LogP contribution in [0.3, 0.4) is 0 Å². The molecule has 0 spiro atoms. The van der Waals surface area contributed by atoms with Crippen LogP contribution in [0.25, 0.3) is 15.8 Å². The Labute approximate surface area is 191 Å². The van der Waals surface area contributed by atoms with Gasteiger partial charge in [0.1, 0.15) is 5.69 Å². The van der Waals surface area contributed by atoms with Crippen molar-refractivity contribution < 1.29 is 27.6 Å². The van der Waals surface area contributed by atoms with Crippen LogP contribution in [-0.2, 0) is 18.1 Å². The number of carbonyl (C=O) groups excluding carboxylic acids is 2. The number of benzene rings is 2. The second-order valence-corrected chi connectivity index (χ2v) is 7.75. The Morgan fingerprint density at radius 2 is 1.76 bits per heavy atom. The molecule has 0 aliphatic carbocycles. The highest BCUT2D eigenvalue weighted by Crippen LogP contribution is 2.28. The second-order valence-electron chi connectivity index (χ2n) is 6.94. The van der Waals surface area contributed by atoms with Gasteiger partial charge in [-0.2, -0.15) is 23.0 Å². The number of nitrogens with one attached hydrogen (secondary N) is 1. The van der Waals surface area contributed by atoms with Gasteiger partial charge in [-0.15, -0.1) is 0 Å². The summed E-state index contributed by atoms with van der Waals surface area (Å²) in [6.07, 6.45) is -4.89. The number of hydroxylamine groups is 1. The maximum Gasteiger partial charge on any atom is 0.431 e.